The van der Waals surface area contributed by atoms with Gasteiger partial charge < -0.3 is 19.9 Å². The van der Waals surface area contributed by atoms with Crippen molar-refractivity contribution >= 4 is 23.3 Å². The van der Waals surface area contributed by atoms with Crippen molar-refractivity contribution in [2.24, 2.45) is 0 Å². The van der Waals surface area contributed by atoms with Crippen molar-refractivity contribution in [2.75, 3.05) is 25.0 Å². The van der Waals surface area contributed by atoms with Gasteiger partial charge in [0.15, 0.2) is 0 Å². The van der Waals surface area contributed by atoms with Crippen molar-refractivity contribution in [2.45, 2.75) is 69.8 Å². The van der Waals surface area contributed by atoms with E-state index in [1.54, 1.807) is 0 Å². The second-order valence-electron chi connectivity index (χ2n) is 9.53. The third kappa shape index (κ3) is 3.37. The fourth-order valence-electron chi connectivity index (χ4n) is 5.17. The first-order valence-corrected chi connectivity index (χ1v) is 11.9. The number of carbonyl (C=O) groups excluding carboxylic acids is 1. The molecule has 7 nitrogen and oxygen atoms in total. The molecule has 0 spiro atoms. The minimum Gasteiger partial charge on any atom is -0.489 e. The zero-order valence-corrected chi connectivity index (χ0v) is 20.0. The maximum Gasteiger partial charge on any atom is 0.258 e. The average molecular weight is 458 g/mol. The van der Waals surface area contributed by atoms with E-state index in [4.69, 9.17) is 21.4 Å². The van der Waals surface area contributed by atoms with Crippen LogP contribution < -0.4 is 15.0 Å². The molecule has 3 unspecified atom stereocenters. The van der Waals surface area contributed by atoms with Gasteiger partial charge in [0.1, 0.15) is 17.7 Å². The quantitative estimate of drug-likeness (QED) is 0.714. The summed E-state index contributed by atoms with van der Waals surface area (Å²) in [5.74, 6) is 1.75. The molecule has 3 atom stereocenters. The molecule has 1 N–H and O–H groups in total. The number of para-hydroxylation sites is 1. The Bertz CT molecular complexity index is 1030. The third-order valence-corrected chi connectivity index (χ3v) is 8.29. The molecule has 1 saturated heterocycles. The summed E-state index contributed by atoms with van der Waals surface area (Å²) in [4.78, 5) is 17.2. The van der Waals surface area contributed by atoms with Gasteiger partial charge in [0.25, 0.3) is 5.91 Å². The van der Waals surface area contributed by atoms with Crippen LogP contribution in [0.1, 0.15) is 61.3 Å². The average Bonchev–Trinajstić information content (AvgIpc) is 3.35. The van der Waals surface area contributed by atoms with Crippen LogP contribution in [0.2, 0.25) is 0 Å². The molecule has 1 fully saturated rings. The summed E-state index contributed by atoms with van der Waals surface area (Å²) in [6.45, 7) is 9.30. The van der Waals surface area contributed by atoms with E-state index in [2.05, 4.69) is 38.0 Å². The molecule has 1 aromatic carbocycles. The molecule has 1 amide bonds. The molecule has 32 heavy (non-hydrogen) atoms. The van der Waals surface area contributed by atoms with Crippen molar-refractivity contribution in [1.82, 2.24) is 20.0 Å². The summed E-state index contributed by atoms with van der Waals surface area (Å²) in [7, 11) is 2.07. The molecule has 8 heteroatoms. The number of piperidine rings is 1. The number of alkyl halides is 1. The molecule has 3 aliphatic heterocycles. The van der Waals surface area contributed by atoms with Gasteiger partial charge in [-0.3, -0.25) is 4.79 Å². The van der Waals surface area contributed by atoms with Crippen LogP contribution in [-0.4, -0.2) is 57.7 Å². The maximum atomic E-state index is 13.5. The predicted octanol–water partition coefficient (Wildman–Crippen LogP) is 3.57. The molecule has 3 aliphatic rings. The highest BCUT2D eigenvalue weighted by molar-refractivity contribution is 6.25. The summed E-state index contributed by atoms with van der Waals surface area (Å²) >= 11 is 6.89. The topological polar surface area (TPSA) is 62.6 Å². The third-order valence-electron chi connectivity index (χ3n) is 7.65. The van der Waals surface area contributed by atoms with Crippen LogP contribution in [0.4, 0.5) is 5.82 Å². The van der Waals surface area contributed by atoms with E-state index >= 15 is 0 Å². The minimum atomic E-state index is -0.415. The number of aromatic nitrogens is 2. The highest BCUT2D eigenvalue weighted by atomic mass is 35.5. The molecule has 0 bridgehead atoms. The molecule has 0 aliphatic carbocycles. The Morgan fingerprint density at radius 2 is 1.91 bits per heavy atom. The Morgan fingerprint density at radius 1 is 1.19 bits per heavy atom. The first-order valence-electron chi connectivity index (χ1n) is 11.6. The van der Waals surface area contributed by atoms with Crippen LogP contribution in [0.5, 0.6) is 5.75 Å². The molecule has 2 aromatic rings. The summed E-state index contributed by atoms with van der Waals surface area (Å²) in [6, 6.07) is 7.83. The van der Waals surface area contributed by atoms with Gasteiger partial charge in [-0.1, -0.05) is 12.1 Å². The van der Waals surface area contributed by atoms with Gasteiger partial charge in [-0.15, -0.1) is 11.6 Å². The van der Waals surface area contributed by atoms with Crippen LogP contribution in [0.25, 0.3) is 0 Å². The fraction of sp³-hybridized carbons (Fsp3) is 0.583. The highest BCUT2D eigenvalue weighted by Gasteiger charge is 2.47. The lowest BCUT2D eigenvalue weighted by molar-refractivity contribution is 0.0738. The van der Waals surface area contributed by atoms with Crippen molar-refractivity contribution in [3.05, 3.63) is 41.1 Å². The molecule has 4 heterocycles. The summed E-state index contributed by atoms with van der Waals surface area (Å²) in [5.41, 5.74) is 2.72. The number of rotatable bonds is 3. The molecular formula is C24H32ClN5O2. The first-order chi connectivity index (χ1) is 15.3. The highest BCUT2D eigenvalue weighted by Crippen LogP contribution is 2.46. The Morgan fingerprint density at radius 3 is 2.66 bits per heavy atom. The van der Waals surface area contributed by atoms with Gasteiger partial charge in [-0.2, -0.15) is 5.10 Å². The van der Waals surface area contributed by atoms with Gasteiger partial charge in [-0.25, -0.2) is 4.68 Å². The van der Waals surface area contributed by atoms with Gasteiger partial charge in [0.2, 0.25) is 0 Å². The number of halogens is 1. The lowest BCUT2D eigenvalue weighted by atomic mass is 9.91. The maximum absolute atomic E-state index is 13.5. The van der Waals surface area contributed by atoms with E-state index in [1.807, 2.05) is 33.8 Å². The van der Waals surface area contributed by atoms with Gasteiger partial charge in [0.05, 0.1) is 35.3 Å². The Labute approximate surface area is 194 Å². The predicted molar refractivity (Wildman–Crippen MR) is 126 cm³/mol. The van der Waals surface area contributed by atoms with Gasteiger partial charge >= 0.3 is 0 Å². The zero-order valence-electron chi connectivity index (χ0n) is 19.3. The zero-order chi connectivity index (χ0) is 22.6. The standard InChI is InChI=1S/C24H32ClN5O2/c1-15-24(3,25)16(2)30-22(28(15)4)19-13-29(14-20(19)27-30)23(31)18-7-5-6-8-21(18)32-17-9-11-26-12-10-17/h5-8,15-17,26H,9-14H2,1-4H3. The second kappa shape index (κ2) is 7.96. The van der Waals surface area contributed by atoms with E-state index in [0.717, 1.165) is 43.0 Å². The molecular weight excluding hydrogens is 426 g/mol. The number of carbonyl (C=O) groups is 1. The summed E-state index contributed by atoms with van der Waals surface area (Å²) < 4.78 is 8.30. The molecule has 172 valence electrons. The van der Waals surface area contributed by atoms with Gasteiger partial charge in [-0.05, 0) is 58.8 Å². The lowest BCUT2D eigenvalue weighted by Gasteiger charge is -2.46. The van der Waals surface area contributed by atoms with E-state index in [1.165, 1.54) is 0 Å². The number of hydrogen-bond donors (Lipinski definition) is 1. The number of nitrogens with one attached hydrogen (secondary N) is 1. The van der Waals surface area contributed by atoms with Crippen LogP contribution in [0, 0.1) is 0 Å². The Balaban J connectivity index is 1.39. The number of ether oxygens (including phenoxy) is 1. The SMILES string of the molecule is CC1N(C)c2c3c(nn2C(C)C1(C)Cl)CN(C(=O)c1ccccc1OC1CCNCC1)C3. The number of anilines is 1. The van der Waals surface area contributed by atoms with E-state index < -0.39 is 4.87 Å². The molecule has 0 saturated carbocycles. The molecule has 1 aromatic heterocycles. The Hall–Kier alpha value is -2.25. The van der Waals surface area contributed by atoms with Gasteiger partial charge in [0, 0.05) is 18.7 Å². The number of amides is 1. The number of nitrogens with zero attached hydrogens (tertiary/aromatic N) is 4. The first kappa shape index (κ1) is 21.6. The smallest absolute Gasteiger partial charge is 0.258 e. The van der Waals surface area contributed by atoms with Crippen LogP contribution in [0.3, 0.4) is 0 Å². The van der Waals surface area contributed by atoms with Crippen molar-refractivity contribution in [3.8, 4) is 5.75 Å². The number of fused-ring (bicyclic) bond motifs is 3. The van der Waals surface area contributed by atoms with E-state index in [9.17, 15) is 4.79 Å². The normalized spacial score (nSPS) is 27.9. The van der Waals surface area contributed by atoms with Crippen LogP contribution in [-0.2, 0) is 13.1 Å². The van der Waals surface area contributed by atoms with Crippen molar-refractivity contribution < 1.29 is 9.53 Å². The lowest BCUT2D eigenvalue weighted by Crippen LogP contribution is -2.54. The number of hydrogen-bond acceptors (Lipinski definition) is 5. The Kier molecular flexibility index (Phi) is 5.37. The van der Waals surface area contributed by atoms with Crippen LogP contribution in [0.15, 0.2) is 24.3 Å². The van der Waals surface area contributed by atoms with Crippen LogP contribution >= 0.6 is 11.6 Å². The minimum absolute atomic E-state index is 0.00646. The van der Waals surface area contributed by atoms with Crippen molar-refractivity contribution in [1.29, 1.82) is 0 Å². The summed E-state index contributed by atoms with van der Waals surface area (Å²) in [5, 5.41) is 8.25. The fourth-order valence-corrected chi connectivity index (χ4v) is 5.41. The molecule has 5 rings (SSSR count). The molecule has 0 radical (unpaired) electrons. The monoisotopic (exact) mass is 457 g/mol. The summed E-state index contributed by atoms with van der Waals surface area (Å²) in [6.07, 6.45) is 2.06. The second-order valence-corrected chi connectivity index (χ2v) is 10.3. The van der Waals surface area contributed by atoms with E-state index in [0.29, 0.717) is 24.4 Å². The number of benzene rings is 1. The van der Waals surface area contributed by atoms with Crippen molar-refractivity contribution in [3.63, 3.8) is 0 Å². The van der Waals surface area contributed by atoms with E-state index in [-0.39, 0.29) is 24.1 Å². The largest absolute Gasteiger partial charge is 0.489 e.